The standard InChI is InChI=1S/C17H17N3O2/c1-17(22,12-6-3-2-4-7-12)10-15(21)20-14-9-5-8-13-16(14)19-11-18-13/h2-9,11,22H,10H2,1H3,(H,18,19)(H,20,21). The fourth-order valence-electron chi connectivity index (χ4n) is 2.47. The number of imidazole rings is 1. The molecule has 1 unspecified atom stereocenters. The Bertz CT molecular complexity index is 794. The van der Waals surface area contributed by atoms with Gasteiger partial charge in [0.05, 0.1) is 29.6 Å². The van der Waals surface area contributed by atoms with Crippen molar-refractivity contribution < 1.29 is 9.90 Å². The first-order valence-electron chi connectivity index (χ1n) is 7.06. The van der Waals surface area contributed by atoms with Crippen molar-refractivity contribution >= 4 is 22.6 Å². The van der Waals surface area contributed by atoms with Gasteiger partial charge < -0.3 is 15.4 Å². The lowest BCUT2D eigenvalue weighted by Gasteiger charge is -2.23. The highest BCUT2D eigenvalue weighted by atomic mass is 16.3. The van der Waals surface area contributed by atoms with Crippen LogP contribution in [0.5, 0.6) is 0 Å². The van der Waals surface area contributed by atoms with Crippen LogP contribution in [-0.2, 0) is 10.4 Å². The Morgan fingerprint density at radius 1 is 1.23 bits per heavy atom. The Balaban J connectivity index is 1.77. The number of amides is 1. The smallest absolute Gasteiger partial charge is 0.227 e. The summed E-state index contributed by atoms with van der Waals surface area (Å²) in [5, 5.41) is 13.3. The molecule has 3 N–H and O–H groups in total. The minimum atomic E-state index is -1.22. The highest BCUT2D eigenvalue weighted by Crippen LogP contribution is 2.26. The maximum Gasteiger partial charge on any atom is 0.227 e. The van der Waals surface area contributed by atoms with Crippen molar-refractivity contribution in [2.24, 2.45) is 0 Å². The van der Waals surface area contributed by atoms with Gasteiger partial charge in [0.25, 0.3) is 0 Å². The second-order valence-electron chi connectivity index (χ2n) is 5.47. The van der Waals surface area contributed by atoms with Gasteiger partial charge in [0.15, 0.2) is 0 Å². The van der Waals surface area contributed by atoms with Gasteiger partial charge in [0.1, 0.15) is 5.52 Å². The van der Waals surface area contributed by atoms with E-state index in [1.807, 2.05) is 42.5 Å². The van der Waals surface area contributed by atoms with E-state index in [2.05, 4.69) is 15.3 Å². The molecule has 0 aliphatic rings. The minimum absolute atomic E-state index is 0.0299. The molecule has 5 nitrogen and oxygen atoms in total. The number of benzene rings is 2. The predicted octanol–water partition coefficient (Wildman–Crippen LogP) is 2.80. The van der Waals surface area contributed by atoms with Crippen LogP contribution in [0.2, 0.25) is 0 Å². The van der Waals surface area contributed by atoms with Gasteiger partial charge in [0, 0.05) is 0 Å². The zero-order valence-corrected chi connectivity index (χ0v) is 12.2. The van der Waals surface area contributed by atoms with Gasteiger partial charge in [-0.3, -0.25) is 4.79 Å². The molecule has 0 bridgehead atoms. The predicted molar refractivity (Wildman–Crippen MR) is 85.4 cm³/mol. The van der Waals surface area contributed by atoms with Crippen LogP contribution < -0.4 is 5.32 Å². The number of aromatic amines is 1. The monoisotopic (exact) mass is 295 g/mol. The Labute approximate surface area is 128 Å². The number of aromatic nitrogens is 2. The van der Waals surface area contributed by atoms with Crippen LogP contribution in [0.25, 0.3) is 11.0 Å². The summed E-state index contributed by atoms with van der Waals surface area (Å²) in [5.41, 5.74) is 1.68. The molecule has 1 heterocycles. The number of H-pyrrole nitrogens is 1. The lowest BCUT2D eigenvalue weighted by atomic mass is 9.92. The fraction of sp³-hybridized carbons (Fsp3) is 0.176. The summed E-state index contributed by atoms with van der Waals surface area (Å²) in [6.45, 7) is 1.64. The largest absolute Gasteiger partial charge is 0.385 e. The molecule has 0 fully saturated rings. The maximum absolute atomic E-state index is 12.3. The molecule has 0 radical (unpaired) electrons. The molecule has 0 spiro atoms. The quantitative estimate of drug-likeness (QED) is 0.692. The average molecular weight is 295 g/mol. The summed E-state index contributed by atoms with van der Waals surface area (Å²) in [6, 6.07) is 14.7. The van der Waals surface area contributed by atoms with Crippen molar-refractivity contribution in [1.82, 2.24) is 9.97 Å². The van der Waals surface area contributed by atoms with Crippen molar-refractivity contribution in [2.75, 3.05) is 5.32 Å². The molecular formula is C17H17N3O2. The molecular weight excluding hydrogens is 278 g/mol. The number of fused-ring (bicyclic) bond motifs is 1. The Hall–Kier alpha value is -2.66. The first kappa shape index (κ1) is 14.3. The number of nitrogens with one attached hydrogen (secondary N) is 2. The van der Waals surface area contributed by atoms with Gasteiger partial charge in [-0.25, -0.2) is 4.98 Å². The van der Waals surface area contributed by atoms with Crippen molar-refractivity contribution in [1.29, 1.82) is 0 Å². The highest BCUT2D eigenvalue weighted by Gasteiger charge is 2.26. The van der Waals surface area contributed by atoms with Crippen molar-refractivity contribution in [3.63, 3.8) is 0 Å². The third-order valence-electron chi connectivity index (χ3n) is 3.62. The zero-order valence-electron chi connectivity index (χ0n) is 12.2. The van der Waals surface area contributed by atoms with Crippen LogP contribution in [0, 0.1) is 0 Å². The van der Waals surface area contributed by atoms with E-state index in [0.29, 0.717) is 16.8 Å². The third kappa shape index (κ3) is 2.84. The average Bonchev–Trinajstić information content (AvgIpc) is 2.97. The highest BCUT2D eigenvalue weighted by molar-refractivity contribution is 5.99. The summed E-state index contributed by atoms with van der Waals surface area (Å²) in [6.07, 6.45) is 1.55. The normalized spacial score (nSPS) is 13.7. The summed E-state index contributed by atoms with van der Waals surface area (Å²) in [7, 11) is 0. The second kappa shape index (κ2) is 5.61. The molecule has 0 saturated carbocycles. The number of hydrogen-bond donors (Lipinski definition) is 3. The number of rotatable bonds is 4. The molecule has 112 valence electrons. The molecule has 2 aromatic carbocycles. The number of hydrogen-bond acceptors (Lipinski definition) is 3. The first-order valence-corrected chi connectivity index (χ1v) is 7.06. The molecule has 3 aromatic rings. The van der Waals surface area contributed by atoms with E-state index in [9.17, 15) is 9.90 Å². The number of nitrogens with zero attached hydrogens (tertiary/aromatic N) is 1. The molecule has 0 aliphatic heterocycles. The van der Waals surface area contributed by atoms with Crippen molar-refractivity contribution in [3.05, 3.63) is 60.4 Å². The summed E-state index contributed by atoms with van der Waals surface area (Å²) >= 11 is 0. The van der Waals surface area contributed by atoms with E-state index < -0.39 is 5.60 Å². The van der Waals surface area contributed by atoms with E-state index in [1.165, 1.54) is 0 Å². The topological polar surface area (TPSA) is 78.0 Å². The molecule has 0 aliphatic carbocycles. The lowest BCUT2D eigenvalue weighted by Crippen LogP contribution is -2.28. The van der Waals surface area contributed by atoms with Crippen LogP contribution in [-0.4, -0.2) is 21.0 Å². The number of carbonyl (C=O) groups excluding carboxylic acids is 1. The molecule has 0 saturated heterocycles. The summed E-state index contributed by atoms with van der Waals surface area (Å²) in [5.74, 6) is -0.260. The molecule has 3 rings (SSSR count). The van der Waals surface area contributed by atoms with Crippen molar-refractivity contribution in [2.45, 2.75) is 18.9 Å². The number of aliphatic hydroxyl groups is 1. The number of carbonyl (C=O) groups is 1. The Morgan fingerprint density at radius 2 is 2.00 bits per heavy atom. The number of anilines is 1. The van der Waals surface area contributed by atoms with Gasteiger partial charge in [-0.15, -0.1) is 0 Å². The van der Waals surface area contributed by atoms with E-state index >= 15 is 0 Å². The SMILES string of the molecule is CC(O)(CC(=O)Nc1cccc2[nH]cnc12)c1ccccc1. The third-order valence-corrected chi connectivity index (χ3v) is 3.62. The van der Waals surface area contributed by atoms with E-state index in [1.54, 1.807) is 19.3 Å². The molecule has 1 amide bonds. The van der Waals surface area contributed by atoms with Crippen LogP contribution in [0.15, 0.2) is 54.9 Å². The molecule has 1 atom stereocenters. The van der Waals surface area contributed by atoms with Crippen LogP contribution in [0.4, 0.5) is 5.69 Å². The molecule has 22 heavy (non-hydrogen) atoms. The van der Waals surface area contributed by atoms with Crippen LogP contribution in [0.1, 0.15) is 18.9 Å². The van der Waals surface area contributed by atoms with E-state index in [4.69, 9.17) is 0 Å². The molecule has 1 aromatic heterocycles. The summed E-state index contributed by atoms with van der Waals surface area (Å²) < 4.78 is 0. The van der Waals surface area contributed by atoms with E-state index in [0.717, 1.165) is 5.52 Å². The first-order chi connectivity index (χ1) is 10.6. The molecule has 5 heteroatoms. The van der Waals surface area contributed by atoms with Crippen LogP contribution in [0.3, 0.4) is 0 Å². The van der Waals surface area contributed by atoms with Gasteiger partial charge in [-0.1, -0.05) is 36.4 Å². The Kier molecular flexibility index (Phi) is 3.65. The van der Waals surface area contributed by atoms with Gasteiger partial charge in [-0.2, -0.15) is 0 Å². The second-order valence-corrected chi connectivity index (χ2v) is 5.47. The van der Waals surface area contributed by atoms with Gasteiger partial charge in [-0.05, 0) is 24.6 Å². The van der Waals surface area contributed by atoms with Crippen LogP contribution >= 0.6 is 0 Å². The summed E-state index contributed by atoms with van der Waals surface area (Å²) in [4.78, 5) is 19.4. The zero-order chi connectivity index (χ0) is 15.6. The minimum Gasteiger partial charge on any atom is -0.385 e. The maximum atomic E-state index is 12.3. The van der Waals surface area contributed by atoms with E-state index in [-0.39, 0.29) is 12.3 Å². The van der Waals surface area contributed by atoms with Gasteiger partial charge >= 0.3 is 0 Å². The van der Waals surface area contributed by atoms with Crippen molar-refractivity contribution in [3.8, 4) is 0 Å². The lowest BCUT2D eigenvalue weighted by molar-refractivity contribution is -0.120. The number of para-hydroxylation sites is 1. The van der Waals surface area contributed by atoms with Gasteiger partial charge in [0.2, 0.25) is 5.91 Å². The fourth-order valence-corrected chi connectivity index (χ4v) is 2.47. The Morgan fingerprint density at radius 3 is 2.77 bits per heavy atom.